The van der Waals surface area contributed by atoms with Crippen LogP contribution in [0.1, 0.15) is 20.8 Å². The molecule has 0 saturated heterocycles. The molecule has 8 nitrogen and oxygen atoms in total. The molecule has 3 rings (SSSR count). The number of hydrogen-bond donors (Lipinski definition) is 0. The molecule has 0 atom stereocenters. The smallest absolute Gasteiger partial charge is 0.455 e. The fourth-order valence-electron chi connectivity index (χ4n) is 3.15. The number of ether oxygens (including phenoxy) is 1. The third-order valence-corrected chi connectivity index (χ3v) is 4.92. The fraction of sp³-hybridized carbons (Fsp3) is 0.364. The molecule has 0 saturated carbocycles. The number of amides is 1. The molecule has 0 aliphatic heterocycles. The maximum Gasteiger partial charge on any atom is 0.455 e. The first-order valence-electron chi connectivity index (χ1n) is 10.3. The molecular formula is C22H20F6N4O4. The van der Waals surface area contributed by atoms with E-state index in [-0.39, 0.29) is 31.6 Å². The minimum atomic E-state index is -5.90. The van der Waals surface area contributed by atoms with Crippen LogP contribution in [-0.4, -0.2) is 40.4 Å². The molecule has 0 N–H and O–H groups in total. The molecule has 0 aromatic carbocycles. The molecular weight excluding hydrogens is 498 g/mol. The van der Waals surface area contributed by atoms with Crippen LogP contribution < -0.4 is 15.2 Å². The van der Waals surface area contributed by atoms with Crippen LogP contribution >= 0.6 is 0 Å². The summed E-state index contributed by atoms with van der Waals surface area (Å²) in [4.78, 5) is 28.9. The number of nitrogens with zero attached hydrogens (tertiary/aromatic N) is 4. The van der Waals surface area contributed by atoms with Crippen LogP contribution in [0, 0.1) is 11.0 Å². The number of rotatable bonds is 4. The summed E-state index contributed by atoms with van der Waals surface area (Å²) in [7, 11) is 1.26. The standard InChI is InChI=1S/C22H20F6N4O4/c1-20(2,3)36-19(34)30(4)13-8-14(23)18(32(35)10-13)15-7-12-5-6-17(33)31(16(12)9-29-15)11-21(24,25)22(26,27)28/h5-10H,11H2,1-4H3. The van der Waals surface area contributed by atoms with Crippen molar-refractivity contribution in [2.45, 2.75) is 45.0 Å². The number of carbonyl (C=O) groups is 1. The number of aromatic nitrogens is 3. The SMILES string of the molecule is CN(C(=O)OC(C)(C)C)c1cc(F)c(-c2cc3ccc(=O)n(CC(F)(F)C(F)(F)F)c3cn2)[n+]([O-])c1. The van der Waals surface area contributed by atoms with E-state index in [2.05, 4.69) is 4.98 Å². The van der Waals surface area contributed by atoms with Gasteiger partial charge in [-0.05, 0) is 32.9 Å². The lowest BCUT2D eigenvalue weighted by molar-refractivity contribution is -0.594. The van der Waals surface area contributed by atoms with Gasteiger partial charge in [0, 0.05) is 24.6 Å². The Morgan fingerprint density at radius 2 is 1.81 bits per heavy atom. The van der Waals surface area contributed by atoms with E-state index in [9.17, 15) is 41.1 Å². The average molecular weight is 518 g/mol. The molecule has 0 bridgehead atoms. The zero-order chi connectivity index (χ0) is 27.2. The Balaban J connectivity index is 2.03. The Morgan fingerprint density at radius 3 is 2.36 bits per heavy atom. The van der Waals surface area contributed by atoms with E-state index < -0.39 is 47.4 Å². The fourth-order valence-corrected chi connectivity index (χ4v) is 3.15. The van der Waals surface area contributed by atoms with Crippen molar-refractivity contribution < 1.29 is 40.6 Å². The van der Waals surface area contributed by atoms with Crippen LogP contribution in [-0.2, 0) is 11.3 Å². The van der Waals surface area contributed by atoms with Gasteiger partial charge in [0.05, 0.1) is 18.3 Å². The first kappa shape index (κ1) is 26.8. The van der Waals surface area contributed by atoms with Crippen molar-refractivity contribution in [1.29, 1.82) is 0 Å². The molecule has 194 valence electrons. The third kappa shape index (κ3) is 5.36. The lowest BCUT2D eigenvalue weighted by atomic mass is 10.1. The largest absolute Gasteiger partial charge is 0.618 e. The Labute approximate surface area is 199 Å². The van der Waals surface area contributed by atoms with E-state index in [1.54, 1.807) is 20.8 Å². The molecule has 36 heavy (non-hydrogen) atoms. The van der Waals surface area contributed by atoms with Crippen molar-refractivity contribution in [3.05, 3.63) is 58.0 Å². The summed E-state index contributed by atoms with van der Waals surface area (Å²) >= 11 is 0. The van der Waals surface area contributed by atoms with Gasteiger partial charge in [0.1, 0.15) is 17.0 Å². The highest BCUT2D eigenvalue weighted by Crippen LogP contribution is 2.37. The number of anilines is 1. The van der Waals surface area contributed by atoms with Crippen LogP contribution in [0.3, 0.4) is 0 Å². The van der Waals surface area contributed by atoms with Gasteiger partial charge in [-0.15, -0.1) is 0 Å². The summed E-state index contributed by atoms with van der Waals surface area (Å²) in [6.07, 6.45) is -5.09. The molecule has 0 radical (unpaired) electrons. The Morgan fingerprint density at radius 1 is 1.17 bits per heavy atom. The maximum absolute atomic E-state index is 14.9. The van der Waals surface area contributed by atoms with Gasteiger partial charge in [-0.1, -0.05) is 0 Å². The monoisotopic (exact) mass is 518 g/mol. The van der Waals surface area contributed by atoms with E-state index >= 15 is 0 Å². The lowest BCUT2D eigenvalue weighted by Crippen LogP contribution is -2.42. The zero-order valence-corrected chi connectivity index (χ0v) is 19.4. The molecule has 3 aromatic rings. The van der Waals surface area contributed by atoms with E-state index in [1.807, 2.05) is 0 Å². The molecule has 3 aromatic heterocycles. The summed E-state index contributed by atoms with van der Waals surface area (Å²) < 4.78 is 85.5. The summed E-state index contributed by atoms with van der Waals surface area (Å²) in [5.41, 5.74) is -3.43. The van der Waals surface area contributed by atoms with E-state index in [0.717, 1.165) is 41.6 Å². The van der Waals surface area contributed by atoms with Crippen molar-refractivity contribution in [3.8, 4) is 11.4 Å². The quantitative estimate of drug-likeness (QED) is 0.290. The van der Waals surface area contributed by atoms with Crippen molar-refractivity contribution in [2.24, 2.45) is 0 Å². The number of carbonyl (C=O) groups excluding carboxylic acids is 1. The molecule has 0 spiro atoms. The molecule has 0 aliphatic rings. The number of alkyl halides is 5. The van der Waals surface area contributed by atoms with Gasteiger partial charge >= 0.3 is 18.2 Å². The van der Waals surface area contributed by atoms with Crippen LogP contribution in [0.15, 0.2) is 41.5 Å². The minimum Gasteiger partial charge on any atom is -0.618 e. The third-order valence-electron chi connectivity index (χ3n) is 4.92. The molecule has 0 fully saturated rings. The molecule has 1 amide bonds. The summed E-state index contributed by atoms with van der Waals surface area (Å²) in [6, 6.07) is 3.80. The first-order valence-corrected chi connectivity index (χ1v) is 10.3. The summed E-state index contributed by atoms with van der Waals surface area (Å²) in [5.74, 6) is -6.31. The van der Waals surface area contributed by atoms with Gasteiger partial charge in [0.15, 0.2) is 5.82 Å². The Kier molecular flexibility index (Phi) is 6.68. The average Bonchev–Trinajstić information content (AvgIpc) is 2.72. The number of pyridine rings is 3. The predicted octanol–water partition coefficient (Wildman–Crippen LogP) is 4.40. The molecule has 3 heterocycles. The predicted molar refractivity (Wildman–Crippen MR) is 116 cm³/mol. The Hall–Kier alpha value is -3.84. The topological polar surface area (TPSA) is 91.4 Å². The van der Waals surface area contributed by atoms with Gasteiger partial charge in [-0.3, -0.25) is 9.69 Å². The highest BCUT2D eigenvalue weighted by atomic mass is 19.4. The highest BCUT2D eigenvalue weighted by Gasteiger charge is 2.57. The van der Waals surface area contributed by atoms with Crippen molar-refractivity contribution in [3.63, 3.8) is 0 Å². The molecule has 0 aliphatic carbocycles. The molecule has 14 heteroatoms. The van der Waals surface area contributed by atoms with Crippen LogP contribution in [0.5, 0.6) is 0 Å². The van der Waals surface area contributed by atoms with Gasteiger partial charge in [0.2, 0.25) is 6.20 Å². The second-order valence-electron chi connectivity index (χ2n) is 8.85. The Bertz CT molecular complexity index is 1360. The van der Waals surface area contributed by atoms with Crippen LogP contribution in [0.25, 0.3) is 22.3 Å². The van der Waals surface area contributed by atoms with Crippen LogP contribution in [0.2, 0.25) is 0 Å². The van der Waals surface area contributed by atoms with E-state index in [0.29, 0.717) is 0 Å². The van der Waals surface area contributed by atoms with Crippen molar-refractivity contribution in [2.75, 3.05) is 11.9 Å². The van der Waals surface area contributed by atoms with E-state index in [4.69, 9.17) is 4.74 Å². The van der Waals surface area contributed by atoms with Gasteiger partial charge in [0.25, 0.3) is 11.3 Å². The normalized spacial score (nSPS) is 12.6. The van der Waals surface area contributed by atoms with E-state index in [1.165, 1.54) is 7.05 Å². The zero-order valence-electron chi connectivity index (χ0n) is 19.4. The number of hydrogen-bond acceptors (Lipinski definition) is 5. The molecule has 0 unspecified atom stereocenters. The van der Waals surface area contributed by atoms with Crippen molar-refractivity contribution >= 4 is 22.7 Å². The summed E-state index contributed by atoms with van der Waals surface area (Å²) in [5, 5.41) is 12.6. The lowest BCUT2D eigenvalue weighted by Gasteiger charge is -2.24. The second kappa shape index (κ2) is 8.99. The minimum absolute atomic E-state index is 0.0491. The van der Waals surface area contributed by atoms with Gasteiger partial charge in [-0.2, -0.15) is 31.1 Å². The number of fused-ring (bicyclic) bond motifs is 1. The first-order chi connectivity index (χ1) is 16.4. The summed E-state index contributed by atoms with van der Waals surface area (Å²) in [6.45, 7) is 2.86. The second-order valence-corrected chi connectivity index (χ2v) is 8.85. The number of halogens is 6. The maximum atomic E-state index is 14.9. The van der Waals surface area contributed by atoms with Gasteiger partial charge < -0.3 is 14.5 Å². The van der Waals surface area contributed by atoms with Crippen molar-refractivity contribution in [1.82, 2.24) is 9.55 Å². The van der Waals surface area contributed by atoms with Gasteiger partial charge in [-0.25, -0.2) is 9.78 Å². The highest BCUT2D eigenvalue weighted by molar-refractivity contribution is 5.87. The van der Waals surface area contributed by atoms with Crippen LogP contribution in [0.4, 0.5) is 36.8 Å².